The van der Waals surface area contributed by atoms with Gasteiger partial charge in [-0.15, -0.1) is 0 Å². The number of anilines is 1. The molecule has 0 spiro atoms. The highest BCUT2D eigenvalue weighted by Crippen LogP contribution is 2.33. The Bertz CT molecular complexity index is 476. The fraction of sp³-hybridized carbons (Fsp3) is 0.0909. The summed E-state index contributed by atoms with van der Waals surface area (Å²) in [5.74, 6) is 0.411. The number of benzene rings is 1. The number of nitrogens with two attached hydrogens (primary N) is 1. The van der Waals surface area contributed by atoms with Crippen LogP contribution in [0.2, 0.25) is 0 Å². The summed E-state index contributed by atoms with van der Waals surface area (Å²) >= 11 is 1.49. The first-order chi connectivity index (χ1) is 7.81. The van der Waals surface area contributed by atoms with E-state index < -0.39 is 0 Å². The van der Waals surface area contributed by atoms with Gasteiger partial charge in [0.15, 0.2) is 0 Å². The van der Waals surface area contributed by atoms with Crippen molar-refractivity contribution in [1.29, 1.82) is 0 Å². The molecule has 0 aliphatic heterocycles. The van der Waals surface area contributed by atoms with E-state index in [0.29, 0.717) is 16.6 Å². The Kier molecular flexibility index (Phi) is 3.26. The Hall–Kier alpha value is -1.75. The van der Waals surface area contributed by atoms with Crippen molar-refractivity contribution in [1.82, 2.24) is 9.97 Å². The van der Waals surface area contributed by atoms with Gasteiger partial charge in [0.2, 0.25) is 5.88 Å². The van der Waals surface area contributed by atoms with Crippen molar-refractivity contribution < 1.29 is 4.74 Å². The average Bonchev–Trinajstić information content (AvgIpc) is 2.33. The van der Waals surface area contributed by atoms with Crippen LogP contribution in [0.25, 0.3) is 0 Å². The molecule has 0 atom stereocenters. The Balaban J connectivity index is 2.28. The highest BCUT2D eigenvalue weighted by molar-refractivity contribution is 7.99. The molecular weight excluding hydrogens is 222 g/mol. The minimum Gasteiger partial charge on any atom is -0.479 e. The summed E-state index contributed by atoms with van der Waals surface area (Å²) in [7, 11) is 1.54. The number of nitrogen functional groups attached to an aromatic ring is 1. The molecule has 0 unspecified atom stereocenters. The predicted octanol–water partition coefficient (Wildman–Crippen LogP) is 2.22. The van der Waals surface area contributed by atoms with Gasteiger partial charge in [0.1, 0.15) is 17.0 Å². The highest BCUT2D eigenvalue weighted by atomic mass is 32.2. The smallest absolute Gasteiger partial charge is 0.241 e. The second kappa shape index (κ2) is 4.85. The van der Waals surface area contributed by atoms with Crippen LogP contribution in [0.4, 0.5) is 5.69 Å². The minimum absolute atomic E-state index is 0.411. The second-order valence-corrected chi connectivity index (χ2v) is 4.08. The number of rotatable bonds is 3. The van der Waals surface area contributed by atoms with Crippen molar-refractivity contribution in [3.63, 3.8) is 0 Å². The minimum atomic E-state index is 0.411. The topological polar surface area (TPSA) is 61.0 Å². The van der Waals surface area contributed by atoms with Crippen molar-refractivity contribution in [3.8, 4) is 5.88 Å². The molecule has 2 aromatic rings. The quantitative estimate of drug-likeness (QED) is 0.824. The third kappa shape index (κ3) is 2.25. The van der Waals surface area contributed by atoms with Gasteiger partial charge >= 0.3 is 0 Å². The molecule has 0 bridgehead atoms. The first-order valence-corrected chi connectivity index (χ1v) is 5.50. The molecule has 2 rings (SSSR count). The van der Waals surface area contributed by atoms with Crippen LogP contribution in [-0.4, -0.2) is 17.1 Å². The van der Waals surface area contributed by atoms with E-state index in [4.69, 9.17) is 10.5 Å². The summed E-state index contributed by atoms with van der Waals surface area (Å²) in [5.41, 5.74) is 6.34. The molecule has 0 radical (unpaired) electrons. The molecule has 16 heavy (non-hydrogen) atoms. The monoisotopic (exact) mass is 233 g/mol. The molecule has 0 amide bonds. The van der Waals surface area contributed by atoms with Crippen LogP contribution in [-0.2, 0) is 0 Å². The van der Waals surface area contributed by atoms with Crippen LogP contribution in [0.3, 0.4) is 0 Å². The Labute approximate surface area is 97.9 Å². The van der Waals surface area contributed by atoms with Gasteiger partial charge in [-0.25, -0.2) is 4.98 Å². The standard InChI is InChI=1S/C11H11N3OS/c1-15-10-9(12)11(14-7-13-10)16-8-5-3-2-4-6-8/h2-7H,12H2,1H3. The average molecular weight is 233 g/mol. The lowest BCUT2D eigenvalue weighted by molar-refractivity contribution is 0.397. The van der Waals surface area contributed by atoms with Crippen LogP contribution in [0.15, 0.2) is 46.6 Å². The summed E-state index contributed by atoms with van der Waals surface area (Å²) in [4.78, 5) is 9.14. The number of aromatic nitrogens is 2. The maximum absolute atomic E-state index is 5.87. The summed E-state index contributed by atoms with van der Waals surface area (Å²) in [6, 6.07) is 9.90. The number of hydrogen-bond donors (Lipinski definition) is 1. The van der Waals surface area contributed by atoms with Crippen LogP contribution < -0.4 is 10.5 Å². The molecule has 0 aliphatic carbocycles. The Morgan fingerprint density at radius 2 is 1.94 bits per heavy atom. The van der Waals surface area contributed by atoms with E-state index in [-0.39, 0.29) is 0 Å². The van der Waals surface area contributed by atoms with Crippen LogP contribution >= 0.6 is 11.8 Å². The summed E-state index contributed by atoms with van der Waals surface area (Å²) in [6.45, 7) is 0. The van der Waals surface area contributed by atoms with E-state index in [1.807, 2.05) is 30.3 Å². The SMILES string of the molecule is COc1ncnc(Sc2ccccc2)c1N. The van der Waals surface area contributed by atoms with E-state index in [1.54, 1.807) is 0 Å². The lowest BCUT2D eigenvalue weighted by Gasteiger charge is -2.06. The van der Waals surface area contributed by atoms with Gasteiger partial charge in [0, 0.05) is 4.90 Å². The van der Waals surface area contributed by atoms with E-state index in [0.717, 1.165) is 4.90 Å². The molecule has 0 aliphatic rings. The summed E-state index contributed by atoms with van der Waals surface area (Å²) < 4.78 is 5.03. The summed E-state index contributed by atoms with van der Waals surface area (Å²) in [6.07, 6.45) is 1.44. The van der Waals surface area contributed by atoms with Gasteiger partial charge in [-0.3, -0.25) is 0 Å². The van der Waals surface area contributed by atoms with Crippen molar-refractivity contribution >= 4 is 17.4 Å². The fourth-order valence-electron chi connectivity index (χ4n) is 1.21. The molecular formula is C11H11N3OS. The first-order valence-electron chi connectivity index (χ1n) is 4.68. The van der Waals surface area contributed by atoms with Crippen LogP contribution in [0, 0.1) is 0 Å². The molecule has 4 nitrogen and oxygen atoms in total. The zero-order valence-corrected chi connectivity index (χ0v) is 9.57. The molecule has 5 heteroatoms. The van der Waals surface area contributed by atoms with Crippen LogP contribution in [0.5, 0.6) is 5.88 Å². The zero-order valence-electron chi connectivity index (χ0n) is 8.75. The number of ether oxygens (including phenoxy) is 1. The third-order valence-corrected chi connectivity index (χ3v) is 2.99. The lowest BCUT2D eigenvalue weighted by atomic mass is 10.4. The third-order valence-electron chi connectivity index (χ3n) is 1.96. The predicted molar refractivity (Wildman–Crippen MR) is 63.6 cm³/mol. The molecule has 1 aromatic heterocycles. The first kappa shape index (κ1) is 10.8. The lowest BCUT2D eigenvalue weighted by Crippen LogP contribution is -1.98. The number of methoxy groups -OCH3 is 1. The van der Waals surface area contributed by atoms with E-state index in [2.05, 4.69) is 9.97 Å². The van der Waals surface area contributed by atoms with E-state index >= 15 is 0 Å². The molecule has 1 heterocycles. The number of hydrogen-bond acceptors (Lipinski definition) is 5. The Morgan fingerprint density at radius 1 is 1.19 bits per heavy atom. The van der Waals surface area contributed by atoms with Gasteiger partial charge in [0.25, 0.3) is 0 Å². The second-order valence-electron chi connectivity index (χ2n) is 3.02. The Morgan fingerprint density at radius 3 is 2.62 bits per heavy atom. The van der Waals surface area contributed by atoms with Gasteiger partial charge in [-0.1, -0.05) is 30.0 Å². The van der Waals surface area contributed by atoms with Crippen molar-refractivity contribution in [2.75, 3.05) is 12.8 Å². The van der Waals surface area contributed by atoms with Crippen LogP contribution in [0.1, 0.15) is 0 Å². The molecule has 0 fully saturated rings. The maximum Gasteiger partial charge on any atom is 0.241 e. The molecule has 1 aromatic carbocycles. The highest BCUT2D eigenvalue weighted by Gasteiger charge is 2.09. The van der Waals surface area contributed by atoms with Crippen molar-refractivity contribution in [2.45, 2.75) is 9.92 Å². The van der Waals surface area contributed by atoms with Gasteiger partial charge in [-0.05, 0) is 12.1 Å². The largest absolute Gasteiger partial charge is 0.479 e. The normalized spacial score (nSPS) is 10.1. The molecule has 0 saturated carbocycles. The molecule has 2 N–H and O–H groups in total. The molecule has 0 saturated heterocycles. The van der Waals surface area contributed by atoms with Crippen molar-refractivity contribution in [2.24, 2.45) is 0 Å². The summed E-state index contributed by atoms with van der Waals surface area (Å²) in [5, 5.41) is 0.707. The van der Waals surface area contributed by atoms with Gasteiger partial charge < -0.3 is 10.5 Å². The zero-order chi connectivity index (χ0) is 11.4. The van der Waals surface area contributed by atoms with Crippen molar-refractivity contribution in [3.05, 3.63) is 36.7 Å². The van der Waals surface area contributed by atoms with Gasteiger partial charge in [0.05, 0.1) is 7.11 Å². The fourth-order valence-corrected chi connectivity index (χ4v) is 2.02. The van der Waals surface area contributed by atoms with E-state index in [1.165, 1.54) is 25.2 Å². The van der Waals surface area contributed by atoms with Gasteiger partial charge in [-0.2, -0.15) is 4.98 Å². The van der Waals surface area contributed by atoms with E-state index in [9.17, 15) is 0 Å². The number of nitrogens with zero attached hydrogens (tertiary/aromatic N) is 2. The maximum atomic E-state index is 5.87. The molecule has 82 valence electrons.